The lowest BCUT2D eigenvalue weighted by Gasteiger charge is -2.58. The van der Waals surface area contributed by atoms with E-state index in [-0.39, 0.29) is 17.9 Å². The molecule has 0 aliphatic heterocycles. The minimum atomic E-state index is -0.652. The Kier molecular flexibility index (Phi) is 6.30. The molecule has 1 aromatic rings. The molecule has 4 aliphatic rings. The summed E-state index contributed by atoms with van der Waals surface area (Å²) in [5.74, 6) is 1.19. The van der Waals surface area contributed by atoms with Gasteiger partial charge in [0.05, 0.1) is 30.1 Å². The van der Waals surface area contributed by atoms with Crippen molar-refractivity contribution >= 4 is 18.2 Å². The number of methoxy groups -OCH3 is 1. The van der Waals surface area contributed by atoms with E-state index >= 15 is 0 Å². The number of carbonyl (C=O) groups is 2. The summed E-state index contributed by atoms with van der Waals surface area (Å²) in [6.07, 6.45) is 9.36. The van der Waals surface area contributed by atoms with Gasteiger partial charge in [0.1, 0.15) is 5.60 Å². The number of hydrogen-bond donors (Lipinski definition) is 3. The van der Waals surface area contributed by atoms with Gasteiger partial charge in [0.2, 0.25) is 0 Å². The molecule has 1 heterocycles. The summed E-state index contributed by atoms with van der Waals surface area (Å²) in [4.78, 5) is 29.9. The molecule has 9 heteroatoms. The average Bonchev–Trinajstić information content (AvgIpc) is 3.18. The summed E-state index contributed by atoms with van der Waals surface area (Å²) < 4.78 is 6.38. The molecule has 0 radical (unpaired) electrons. The van der Waals surface area contributed by atoms with Gasteiger partial charge < -0.3 is 15.4 Å². The van der Waals surface area contributed by atoms with E-state index in [0.717, 1.165) is 37.8 Å². The largest absolute Gasteiger partial charge is 0.453 e. The van der Waals surface area contributed by atoms with Crippen LogP contribution in [0.1, 0.15) is 81.8 Å². The summed E-state index contributed by atoms with van der Waals surface area (Å²) in [5.41, 5.74) is 0.314. The van der Waals surface area contributed by atoms with Crippen molar-refractivity contribution in [2.75, 3.05) is 7.11 Å². The number of ether oxygens (including phenoxy) is 1. The second kappa shape index (κ2) is 8.76. The van der Waals surface area contributed by atoms with Crippen LogP contribution in [0.5, 0.6) is 0 Å². The van der Waals surface area contributed by atoms with Crippen LogP contribution < -0.4 is 10.6 Å². The second-order valence-corrected chi connectivity index (χ2v) is 10.9. The van der Waals surface area contributed by atoms with Gasteiger partial charge in [-0.05, 0) is 75.7 Å². The minimum Gasteiger partial charge on any atom is -0.453 e. The van der Waals surface area contributed by atoms with Crippen LogP contribution in [0.2, 0.25) is 0 Å². The summed E-state index contributed by atoms with van der Waals surface area (Å²) >= 11 is 0. The molecule has 4 fully saturated rings. The highest BCUT2D eigenvalue weighted by atomic mass is 17.1. The van der Waals surface area contributed by atoms with Crippen molar-refractivity contribution in [3.8, 4) is 0 Å². The van der Waals surface area contributed by atoms with E-state index in [4.69, 9.17) is 4.89 Å². The molecule has 0 aromatic carbocycles. The van der Waals surface area contributed by atoms with Gasteiger partial charge in [0.15, 0.2) is 0 Å². The van der Waals surface area contributed by atoms with Crippen LogP contribution in [0.15, 0.2) is 12.3 Å². The first-order valence-corrected chi connectivity index (χ1v) is 11.8. The molecule has 182 valence electrons. The zero-order chi connectivity index (χ0) is 24.0. The van der Waals surface area contributed by atoms with Crippen LogP contribution >= 0.6 is 0 Å². The smallest absolute Gasteiger partial charge is 0.407 e. The molecule has 9 nitrogen and oxygen atoms in total. The second-order valence-electron chi connectivity index (χ2n) is 10.9. The Bertz CT molecular complexity index is 921. The van der Waals surface area contributed by atoms with Crippen LogP contribution in [-0.2, 0) is 9.62 Å². The van der Waals surface area contributed by atoms with Crippen molar-refractivity contribution in [3.05, 3.63) is 23.5 Å². The molecule has 33 heavy (non-hydrogen) atoms. The Hall–Kier alpha value is -2.39. The first-order valence-electron chi connectivity index (χ1n) is 11.8. The van der Waals surface area contributed by atoms with Crippen LogP contribution in [0.3, 0.4) is 0 Å². The third kappa shape index (κ3) is 4.66. The van der Waals surface area contributed by atoms with Gasteiger partial charge in [0.25, 0.3) is 5.91 Å². The van der Waals surface area contributed by atoms with Crippen molar-refractivity contribution < 1.29 is 24.5 Å². The summed E-state index contributed by atoms with van der Waals surface area (Å²) in [7, 11) is 1.32. The van der Waals surface area contributed by atoms with Crippen molar-refractivity contribution in [2.45, 2.75) is 82.9 Å². The predicted molar refractivity (Wildman–Crippen MR) is 123 cm³/mol. The summed E-state index contributed by atoms with van der Waals surface area (Å²) in [5, 5.41) is 20.0. The van der Waals surface area contributed by atoms with Crippen LogP contribution in [0.25, 0.3) is 6.20 Å². The van der Waals surface area contributed by atoms with Gasteiger partial charge in [-0.1, -0.05) is 13.8 Å². The quantitative estimate of drug-likeness (QED) is 0.421. The van der Waals surface area contributed by atoms with Crippen molar-refractivity contribution in [1.82, 2.24) is 20.4 Å². The number of amides is 2. The number of aromatic nitrogens is 2. The summed E-state index contributed by atoms with van der Waals surface area (Å²) in [6.45, 7) is 7.76. The molecular weight excluding hydrogens is 424 g/mol. The molecule has 1 aromatic heterocycles. The van der Waals surface area contributed by atoms with Crippen LogP contribution in [0.4, 0.5) is 4.79 Å². The molecule has 4 saturated carbocycles. The number of nitrogens with one attached hydrogen (secondary N) is 2. The maximum absolute atomic E-state index is 13.4. The zero-order valence-electron chi connectivity index (χ0n) is 20.1. The van der Waals surface area contributed by atoms with E-state index in [2.05, 4.69) is 20.5 Å². The molecule has 2 atom stereocenters. The number of carbonyl (C=O) groups excluding carboxylic acids is 2. The standard InChI is InChI=1S/C24H36N4O5/c1-14(2)20-18(13-25-28(20)7-6-23(3,4)27-22(30)32-5)21(29)26-19-16-8-15-9-17(19)12-24(10-15,11-16)33-31/h6-7,13-17,19,31H,8-12H2,1-5H3,(H,26,29)(H,27,30). The van der Waals surface area contributed by atoms with Crippen LogP contribution in [-0.4, -0.2) is 51.3 Å². The van der Waals surface area contributed by atoms with Gasteiger partial charge in [0, 0.05) is 12.2 Å². The Labute approximate surface area is 194 Å². The predicted octanol–water partition coefficient (Wildman–Crippen LogP) is 3.78. The monoisotopic (exact) mass is 460 g/mol. The van der Waals surface area contributed by atoms with Crippen molar-refractivity contribution in [2.24, 2.45) is 17.8 Å². The Morgan fingerprint density at radius 2 is 1.94 bits per heavy atom. The highest BCUT2D eigenvalue weighted by Gasteiger charge is 2.57. The fourth-order valence-electron chi connectivity index (χ4n) is 6.38. The first-order chi connectivity index (χ1) is 15.6. The average molecular weight is 461 g/mol. The third-order valence-corrected chi connectivity index (χ3v) is 7.58. The van der Waals surface area contributed by atoms with Crippen molar-refractivity contribution in [1.29, 1.82) is 0 Å². The van der Waals surface area contributed by atoms with Gasteiger partial charge in [-0.25, -0.2) is 14.4 Å². The molecular formula is C24H36N4O5. The van der Waals surface area contributed by atoms with Crippen LogP contribution in [0, 0.1) is 17.8 Å². The molecule has 3 N–H and O–H groups in total. The Morgan fingerprint density at radius 1 is 1.27 bits per heavy atom. The normalized spacial score (nSPS) is 30.8. The maximum Gasteiger partial charge on any atom is 0.407 e. The topological polar surface area (TPSA) is 115 Å². The number of alkyl carbamates (subject to hydrolysis) is 1. The molecule has 4 aliphatic carbocycles. The zero-order valence-corrected chi connectivity index (χ0v) is 20.1. The SMILES string of the molecule is COC(=O)NC(C)(C)C=Cn1ncc(C(=O)NC2C3CC4CC2CC(OO)(C4)C3)c1C(C)C. The minimum absolute atomic E-state index is 0.0686. The van der Waals surface area contributed by atoms with E-state index < -0.39 is 17.2 Å². The maximum atomic E-state index is 13.4. The first kappa shape index (κ1) is 23.8. The van der Waals surface area contributed by atoms with E-state index in [1.54, 1.807) is 17.1 Å². The van der Waals surface area contributed by atoms with E-state index in [0.29, 0.717) is 23.3 Å². The van der Waals surface area contributed by atoms with Gasteiger partial charge in [-0.3, -0.25) is 10.1 Å². The lowest BCUT2D eigenvalue weighted by molar-refractivity contribution is -0.357. The molecule has 0 spiro atoms. The number of rotatable bonds is 7. The highest BCUT2D eigenvalue weighted by Crippen LogP contribution is 2.57. The fourth-order valence-corrected chi connectivity index (χ4v) is 6.38. The molecule has 2 amide bonds. The number of nitrogens with zero attached hydrogens (tertiary/aromatic N) is 2. The lowest BCUT2D eigenvalue weighted by atomic mass is 9.52. The summed E-state index contributed by atoms with van der Waals surface area (Å²) in [6, 6.07) is 0.0967. The van der Waals surface area contributed by atoms with Gasteiger partial charge >= 0.3 is 6.09 Å². The van der Waals surface area contributed by atoms with Gasteiger partial charge in [-0.15, -0.1) is 0 Å². The Balaban J connectivity index is 1.50. The molecule has 5 rings (SSSR count). The number of hydrogen-bond acceptors (Lipinski definition) is 6. The van der Waals surface area contributed by atoms with E-state index in [1.165, 1.54) is 7.11 Å². The Morgan fingerprint density at radius 3 is 2.52 bits per heavy atom. The highest BCUT2D eigenvalue weighted by molar-refractivity contribution is 5.95. The fraction of sp³-hybridized carbons (Fsp3) is 0.708. The van der Waals surface area contributed by atoms with E-state index in [1.807, 2.05) is 33.8 Å². The molecule has 0 saturated heterocycles. The van der Waals surface area contributed by atoms with Crippen molar-refractivity contribution in [3.63, 3.8) is 0 Å². The lowest BCUT2D eigenvalue weighted by Crippen LogP contribution is -2.62. The van der Waals surface area contributed by atoms with E-state index in [9.17, 15) is 14.8 Å². The van der Waals surface area contributed by atoms with Gasteiger partial charge in [-0.2, -0.15) is 5.10 Å². The third-order valence-electron chi connectivity index (χ3n) is 7.58. The molecule has 4 bridgehead atoms. The molecule has 2 unspecified atom stereocenters.